The maximum atomic E-state index is 14.6. The SMILES string of the molecule is C=Cc1cccc(C(C(=O)NCc2ccccc2)N(CCCCCC)C(=O)C(Cc2ccc(O)cc2)NC(=O)OC(C)(C)C)c1. The first kappa shape index (κ1) is 34.9. The van der Waals surface area contributed by atoms with E-state index in [1.165, 1.54) is 12.1 Å². The summed E-state index contributed by atoms with van der Waals surface area (Å²) < 4.78 is 5.53. The van der Waals surface area contributed by atoms with Gasteiger partial charge in [0.25, 0.3) is 0 Å². The van der Waals surface area contributed by atoms with Crippen molar-refractivity contribution in [2.24, 2.45) is 0 Å². The van der Waals surface area contributed by atoms with E-state index in [9.17, 15) is 19.5 Å². The van der Waals surface area contributed by atoms with Gasteiger partial charge in [-0.25, -0.2) is 4.79 Å². The quantitative estimate of drug-likeness (QED) is 0.161. The number of alkyl carbamates (subject to hydrolysis) is 1. The molecule has 3 amide bonds. The Labute approximate surface area is 267 Å². The molecule has 8 heteroatoms. The first-order chi connectivity index (χ1) is 21.5. The van der Waals surface area contributed by atoms with Crippen LogP contribution < -0.4 is 10.6 Å². The molecule has 8 nitrogen and oxygen atoms in total. The summed E-state index contributed by atoms with van der Waals surface area (Å²) in [4.78, 5) is 43.3. The molecule has 3 rings (SSSR count). The van der Waals surface area contributed by atoms with E-state index in [2.05, 4.69) is 24.1 Å². The van der Waals surface area contributed by atoms with Crippen LogP contribution in [0.3, 0.4) is 0 Å². The standard InChI is InChI=1S/C37H47N3O5/c1-6-8-9-13-23-40(35(43)32(39-36(44)45-37(3,4)5)25-28-19-21-31(41)22-20-28)33(30-18-14-17-27(7-2)24-30)34(42)38-26-29-15-11-10-12-16-29/h7,10-12,14-22,24,32-33,41H,2,6,8-9,13,23,25-26H2,1,3-5H3,(H,38,42)(H,39,44). The number of nitrogens with one attached hydrogen (secondary N) is 2. The molecule has 0 aliphatic heterocycles. The van der Waals surface area contributed by atoms with Gasteiger partial charge in [-0.2, -0.15) is 0 Å². The van der Waals surface area contributed by atoms with Crippen molar-refractivity contribution >= 4 is 24.0 Å². The van der Waals surface area contributed by atoms with Crippen molar-refractivity contribution in [2.75, 3.05) is 6.54 Å². The van der Waals surface area contributed by atoms with Crippen molar-refractivity contribution < 1.29 is 24.2 Å². The number of phenolic OH excluding ortho intramolecular Hbond substituents is 1. The molecule has 0 aliphatic rings. The van der Waals surface area contributed by atoms with E-state index < -0.39 is 29.7 Å². The third-order valence-corrected chi connectivity index (χ3v) is 7.23. The number of rotatable bonds is 15. The second-order valence-electron chi connectivity index (χ2n) is 12.1. The molecule has 3 N–H and O–H groups in total. The summed E-state index contributed by atoms with van der Waals surface area (Å²) in [5, 5.41) is 15.6. The largest absolute Gasteiger partial charge is 0.508 e. The van der Waals surface area contributed by atoms with E-state index in [0.717, 1.165) is 36.0 Å². The van der Waals surface area contributed by atoms with Gasteiger partial charge in [0.05, 0.1) is 0 Å². The highest BCUT2D eigenvalue weighted by Crippen LogP contribution is 2.26. The van der Waals surface area contributed by atoms with E-state index >= 15 is 0 Å². The van der Waals surface area contributed by atoms with Crippen molar-refractivity contribution in [1.82, 2.24) is 15.5 Å². The summed E-state index contributed by atoms with van der Waals surface area (Å²) in [7, 11) is 0. The van der Waals surface area contributed by atoms with Gasteiger partial charge in [-0.15, -0.1) is 0 Å². The highest BCUT2D eigenvalue weighted by molar-refractivity contribution is 5.92. The minimum absolute atomic E-state index is 0.0940. The minimum atomic E-state index is -1.04. The average molecular weight is 614 g/mol. The maximum absolute atomic E-state index is 14.6. The molecular weight excluding hydrogens is 566 g/mol. The Morgan fingerprint density at radius 2 is 1.64 bits per heavy atom. The van der Waals surface area contributed by atoms with E-state index in [1.54, 1.807) is 43.9 Å². The lowest BCUT2D eigenvalue weighted by Crippen LogP contribution is -2.54. The van der Waals surface area contributed by atoms with Gasteiger partial charge in [-0.05, 0) is 67.6 Å². The van der Waals surface area contributed by atoms with E-state index in [0.29, 0.717) is 25.1 Å². The van der Waals surface area contributed by atoms with Crippen molar-refractivity contribution in [2.45, 2.75) is 84.0 Å². The molecular formula is C37H47N3O5. The van der Waals surface area contributed by atoms with Crippen LogP contribution in [-0.2, 0) is 27.3 Å². The van der Waals surface area contributed by atoms with Crippen molar-refractivity contribution in [3.05, 3.63) is 108 Å². The normalized spacial score (nSPS) is 12.4. The van der Waals surface area contributed by atoms with Crippen molar-refractivity contribution in [3.8, 4) is 5.75 Å². The summed E-state index contributed by atoms with van der Waals surface area (Å²) in [6.07, 6.45) is 4.67. The van der Waals surface area contributed by atoms with Gasteiger partial charge in [0.15, 0.2) is 0 Å². The van der Waals surface area contributed by atoms with Gasteiger partial charge in [-0.1, -0.05) is 99.5 Å². The summed E-state index contributed by atoms with van der Waals surface area (Å²) in [6.45, 7) is 11.9. The fraction of sp³-hybridized carbons (Fsp3) is 0.378. The smallest absolute Gasteiger partial charge is 0.408 e. The zero-order valence-electron chi connectivity index (χ0n) is 26.9. The highest BCUT2D eigenvalue weighted by Gasteiger charge is 2.36. The van der Waals surface area contributed by atoms with Gasteiger partial charge in [0.2, 0.25) is 11.8 Å². The number of unbranched alkanes of at least 4 members (excludes halogenated alkanes) is 3. The van der Waals surface area contributed by atoms with Crippen molar-refractivity contribution in [3.63, 3.8) is 0 Å². The second kappa shape index (κ2) is 17.0. The molecule has 2 unspecified atom stereocenters. The minimum Gasteiger partial charge on any atom is -0.508 e. The molecule has 2 atom stereocenters. The number of carbonyl (C=O) groups is 3. The monoisotopic (exact) mass is 613 g/mol. The van der Waals surface area contributed by atoms with E-state index in [-0.39, 0.29) is 18.1 Å². The Kier molecular flexibility index (Phi) is 13.2. The Morgan fingerprint density at radius 1 is 0.933 bits per heavy atom. The molecule has 3 aromatic rings. The fourth-order valence-corrected chi connectivity index (χ4v) is 5.00. The second-order valence-corrected chi connectivity index (χ2v) is 12.1. The molecule has 0 bridgehead atoms. The molecule has 0 saturated carbocycles. The van der Waals surface area contributed by atoms with Crippen LogP contribution in [0.15, 0.2) is 85.4 Å². The molecule has 0 aromatic heterocycles. The summed E-state index contributed by atoms with van der Waals surface area (Å²) >= 11 is 0. The van der Waals surface area contributed by atoms with Gasteiger partial charge in [0, 0.05) is 19.5 Å². The van der Waals surface area contributed by atoms with Crippen LogP contribution in [0.25, 0.3) is 6.08 Å². The highest BCUT2D eigenvalue weighted by atomic mass is 16.6. The van der Waals surface area contributed by atoms with Crippen LogP contribution in [0.2, 0.25) is 0 Å². The number of ether oxygens (including phenoxy) is 1. The Balaban J connectivity index is 2.05. The molecule has 240 valence electrons. The molecule has 0 fully saturated rings. The summed E-state index contributed by atoms with van der Waals surface area (Å²) in [6, 6.07) is 21.5. The lowest BCUT2D eigenvalue weighted by molar-refractivity contribution is -0.142. The Bertz CT molecular complexity index is 1400. The zero-order chi connectivity index (χ0) is 32.8. The molecule has 0 heterocycles. The number of hydrogen-bond donors (Lipinski definition) is 3. The Hall–Kier alpha value is -4.59. The maximum Gasteiger partial charge on any atom is 0.408 e. The molecule has 45 heavy (non-hydrogen) atoms. The van der Waals surface area contributed by atoms with Crippen LogP contribution >= 0.6 is 0 Å². The van der Waals surface area contributed by atoms with Crippen LogP contribution in [0.4, 0.5) is 4.79 Å². The fourth-order valence-electron chi connectivity index (χ4n) is 5.00. The van der Waals surface area contributed by atoms with Gasteiger partial charge < -0.3 is 25.4 Å². The summed E-state index contributed by atoms with van der Waals surface area (Å²) in [5.41, 5.74) is 2.34. The van der Waals surface area contributed by atoms with E-state index in [1.807, 2.05) is 54.6 Å². The van der Waals surface area contributed by atoms with Crippen molar-refractivity contribution in [1.29, 1.82) is 0 Å². The molecule has 0 spiro atoms. The van der Waals surface area contributed by atoms with Crippen LogP contribution in [0.1, 0.15) is 81.7 Å². The average Bonchev–Trinajstić information content (AvgIpc) is 3.01. The molecule has 0 radical (unpaired) electrons. The number of carbonyl (C=O) groups excluding carboxylic acids is 3. The van der Waals surface area contributed by atoms with Crippen LogP contribution in [0.5, 0.6) is 5.75 Å². The lowest BCUT2D eigenvalue weighted by Gasteiger charge is -2.35. The number of hydrogen-bond acceptors (Lipinski definition) is 5. The number of amides is 3. The van der Waals surface area contributed by atoms with E-state index in [4.69, 9.17) is 4.74 Å². The third-order valence-electron chi connectivity index (χ3n) is 7.23. The topological polar surface area (TPSA) is 108 Å². The third kappa shape index (κ3) is 11.4. The van der Waals surface area contributed by atoms with Crippen LogP contribution in [0, 0.1) is 0 Å². The Morgan fingerprint density at radius 3 is 2.29 bits per heavy atom. The first-order valence-electron chi connectivity index (χ1n) is 15.6. The molecule has 0 saturated heterocycles. The van der Waals surface area contributed by atoms with Gasteiger partial charge in [0.1, 0.15) is 23.4 Å². The van der Waals surface area contributed by atoms with Gasteiger partial charge in [-0.3, -0.25) is 9.59 Å². The predicted molar refractivity (Wildman–Crippen MR) is 178 cm³/mol. The zero-order valence-corrected chi connectivity index (χ0v) is 26.9. The number of nitrogens with zero attached hydrogens (tertiary/aromatic N) is 1. The number of benzene rings is 3. The number of phenols is 1. The lowest BCUT2D eigenvalue weighted by atomic mass is 9.98. The number of aromatic hydroxyl groups is 1. The first-order valence-corrected chi connectivity index (χ1v) is 15.6. The molecule has 0 aliphatic carbocycles. The van der Waals surface area contributed by atoms with Crippen LogP contribution in [-0.4, -0.2) is 46.1 Å². The molecule has 3 aromatic carbocycles. The summed E-state index contributed by atoms with van der Waals surface area (Å²) in [5.74, 6) is -0.643. The van der Waals surface area contributed by atoms with Gasteiger partial charge >= 0.3 is 6.09 Å². The predicted octanol–water partition coefficient (Wildman–Crippen LogP) is 6.94.